The third-order valence-corrected chi connectivity index (χ3v) is 3.07. The number of hydrogen-bond acceptors (Lipinski definition) is 3. The first-order valence-corrected chi connectivity index (χ1v) is 8.00. The van der Waals surface area contributed by atoms with Crippen LogP contribution in [-0.2, 0) is 11.2 Å². The van der Waals surface area contributed by atoms with Crippen LogP contribution in [0.1, 0.15) is 51.8 Å². The van der Waals surface area contributed by atoms with Gasteiger partial charge in [0.25, 0.3) is 0 Å². The summed E-state index contributed by atoms with van der Waals surface area (Å²) in [5, 5.41) is 10.2. The predicted octanol–water partition coefficient (Wildman–Crippen LogP) is 4.37. The van der Waals surface area contributed by atoms with Crippen molar-refractivity contribution >= 4 is 5.78 Å². The maximum Gasteiger partial charge on any atom is 0.133 e. The number of rotatable bonds is 5. The fourth-order valence-electron chi connectivity index (χ4n) is 1.91. The van der Waals surface area contributed by atoms with E-state index in [0.29, 0.717) is 6.42 Å². The largest absolute Gasteiger partial charge is 0.300 e. The number of benzene rings is 1. The van der Waals surface area contributed by atoms with Gasteiger partial charge in [0, 0.05) is 12.3 Å². The summed E-state index contributed by atoms with van der Waals surface area (Å²) in [5.41, 5.74) is 2.19. The molecule has 0 aliphatic heterocycles. The van der Waals surface area contributed by atoms with Crippen molar-refractivity contribution in [3.8, 4) is 0 Å². The van der Waals surface area contributed by atoms with Gasteiger partial charge in [0.15, 0.2) is 0 Å². The van der Waals surface area contributed by atoms with Gasteiger partial charge in [-0.1, -0.05) is 63.1 Å². The van der Waals surface area contributed by atoms with Crippen molar-refractivity contribution in [1.29, 1.82) is 0 Å². The number of aryl methyl sites for hydroxylation is 1. The van der Waals surface area contributed by atoms with E-state index in [1.807, 2.05) is 32.0 Å². The van der Waals surface area contributed by atoms with E-state index in [0.717, 1.165) is 18.5 Å². The van der Waals surface area contributed by atoms with E-state index in [1.54, 1.807) is 13.1 Å². The van der Waals surface area contributed by atoms with Gasteiger partial charge < -0.3 is 0 Å². The van der Waals surface area contributed by atoms with Crippen LogP contribution in [0.3, 0.4) is 0 Å². The van der Waals surface area contributed by atoms with Crippen LogP contribution in [0.15, 0.2) is 36.5 Å². The Hall–Kier alpha value is -1.97. The fourth-order valence-corrected chi connectivity index (χ4v) is 1.91. The molecule has 0 spiro atoms. The molecule has 4 nitrogen and oxygen atoms in total. The van der Waals surface area contributed by atoms with Gasteiger partial charge in [0.2, 0.25) is 0 Å². The number of ketones is 1. The third kappa shape index (κ3) is 9.06. The topological polar surface area (TPSA) is 58.6 Å². The van der Waals surface area contributed by atoms with Crippen molar-refractivity contribution in [3.63, 3.8) is 0 Å². The summed E-state index contributed by atoms with van der Waals surface area (Å²) in [4.78, 5) is 11.2. The van der Waals surface area contributed by atoms with Crippen LogP contribution in [0.25, 0.3) is 0 Å². The average molecular weight is 303 g/mol. The maximum atomic E-state index is 11.2. The Kier molecular flexibility index (Phi) is 11.6. The normalized spacial score (nSPS) is 10.6. The maximum absolute atomic E-state index is 11.2. The molecule has 2 rings (SSSR count). The zero-order valence-corrected chi connectivity index (χ0v) is 14.5. The Balaban J connectivity index is 0.000000412. The highest BCUT2D eigenvalue weighted by Gasteiger charge is 2.14. The standard InChI is InChI=1S/C9H15N3O.C7H8.C2H6/c1-3-4-8(7(2)13)5-9-6-10-12-11-9;1-7-5-3-2-4-6-7;1-2/h6,8H,3-5H2,1-2H3,(H,10,11,12);2-6H,1H3;1-2H3. The molecule has 0 bridgehead atoms. The van der Waals surface area contributed by atoms with Gasteiger partial charge >= 0.3 is 0 Å². The molecule has 1 N–H and O–H groups in total. The van der Waals surface area contributed by atoms with Gasteiger partial charge in [-0.25, -0.2) is 0 Å². The number of Topliss-reactive ketones (excluding diaryl/α,β-unsaturated/α-hetero) is 1. The molecule has 4 heteroatoms. The lowest BCUT2D eigenvalue weighted by atomic mass is 9.95. The molecule has 1 atom stereocenters. The minimum absolute atomic E-state index is 0.107. The van der Waals surface area contributed by atoms with Crippen molar-refractivity contribution < 1.29 is 4.79 Å². The van der Waals surface area contributed by atoms with E-state index >= 15 is 0 Å². The first kappa shape index (κ1) is 20.0. The summed E-state index contributed by atoms with van der Waals surface area (Å²) < 4.78 is 0. The van der Waals surface area contributed by atoms with Crippen LogP contribution < -0.4 is 0 Å². The molecule has 1 aromatic carbocycles. The van der Waals surface area contributed by atoms with E-state index < -0.39 is 0 Å². The lowest BCUT2D eigenvalue weighted by molar-refractivity contribution is -0.120. The first-order valence-electron chi connectivity index (χ1n) is 8.00. The molecule has 1 aromatic heterocycles. The summed E-state index contributed by atoms with van der Waals surface area (Å²) in [6, 6.07) is 10.3. The zero-order valence-electron chi connectivity index (χ0n) is 14.5. The summed E-state index contributed by atoms with van der Waals surface area (Å²) in [7, 11) is 0. The van der Waals surface area contributed by atoms with E-state index in [9.17, 15) is 4.79 Å². The summed E-state index contributed by atoms with van der Waals surface area (Å²) >= 11 is 0. The van der Waals surface area contributed by atoms with Gasteiger partial charge in [-0.3, -0.25) is 4.79 Å². The second-order valence-corrected chi connectivity index (χ2v) is 4.92. The van der Waals surface area contributed by atoms with Gasteiger partial charge in [0.1, 0.15) is 5.78 Å². The van der Waals surface area contributed by atoms with Crippen LogP contribution in [0.4, 0.5) is 0 Å². The summed E-state index contributed by atoms with van der Waals surface area (Å²) in [6.07, 6.45) is 4.34. The van der Waals surface area contributed by atoms with E-state index in [-0.39, 0.29) is 11.7 Å². The molecule has 1 heterocycles. The third-order valence-electron chi connectivity index (χ3n) is 3.07. The van der Waals surface area contributed by atoms with Gasteiger partial charge in [-0.15, -0.1) is 0 Å². The lowest BCUT2D eigenvalue weighted by Crippen LogP contribution is -2.13. The van der Waals surface area contributed by atoms with Crippen LogP contribution in [0.2, 0.25) is 0 Å². The van der Waals surface area contributed by atoms with Gasteiger partial charge in [0.05, 0.1) is 11.9 Å². The van der Waals surface area contributed by atoms with Crippen LogP contribution in [0, 0.1) is 12.8 Å². The highest BCUT2D eigenvalue weighted by molar-refractivity contribution is 5.78. The lowest BCUT2D eigenvalue weighted by Gasteiger charge is -2.09. The molecule has 1 unspecified atom stereocenters. The minimum Gasteiger partial charge on any atom is -0.300 e. The number of carbonyl (C=O) groups excluding carboxylic acids is 1. The number of nitrogens with zero attached hydrogens (tertiary/aromatic N) is 2. The van der Waals surface area contributed by atoms with Gasteiger partial charge in [-0.2, -0.15) is 15.4 Å². The van der Waals surface area contributed by atoms with Crippen LogP contribution in [0.5, 0.6) is 0 Å². The molecular weight excluding hydrogens is 274 g/mol. The van der Waals surface area contributed by atoms with Crippen molar-refractivity contribution in [1.82, 2.24) is 15.4 Å². The molecule has 0 aliphatic carbocycles. The fraction of sp³-hybridized carbons (Fsp3) is 0.500. The Labute approximate surface area is 134 Å². The minimum atomic E-state index is 0.107. The number of nitrogens with one attached hydrogen (secondary N) is 1. The molecule has 0 amide bonds. The number of H-pyrrole nitrogens is 1. The molecule has 122 valence electrons. The van der Waals surface area contributed by atoms with E-state index in [2.05, 4.69) is 41.4 Å². The second kappa shape index (κ2) is 12.7. The van der Waals surface area contributed by atoms with E-state index in [4.69, 9.17) is 0 Å². The van der Waals surface area contributed by atoms with Gasteiger partial charge in [-0.05, 0) is 20.3 Å². The Bertz CT molecular complexity index is 480. The molecule has 0 fully saturated rings. The highest BCUT2D eigenvalue weighted by atomic mass is 16.1. The Morgan fingerprint density at radius 2 is 1.86 bits per heavy atom. The van der Waals surface area contributed by atoms with Crippen LogP contribution >= 0.6 is 0 Å². The number of aromatic nitrogens is 3. The molecule has 0 radical (unpaired) electrons. The molecule has 0 saturated carbocycles. The predicted molar refractivity (Wildman–Crippen MR) is 91.7 cm³/mol. The van der Waals surface area contributed by atoms with Crippen LogP contribution in [-0.4, -0.2) is 21.2 Å². The number of carbonyl (C=O) groups is 1. The molecule has 0 aliphatic rings. The van der Waals surface area contributed by atoms with Crippen molar-refractivity contribution in [3.05, 3.63) is 47.8 Å². The smallest absolute Gasteiger partial charge is 0.133 e. The molecular formula is C18H29N3O. The summed E-state index contributed by atoms with van der Waals surface area (Å²) in [5.74, 6) is 0.347. The van der Waals surface area contributed by atoms with Crippen molar-refractivity contribution in [2.45, 2.75) is 53.9 Å². The van der Waals surface area contributed by atoms with E-state index in [1.165, 1.54) is 5.56 Å². The van der Waals surface area contributed by atoms with Crippen molar-refractivity contribution in [2.24, 2.45) is 5.92 Å². The number of hydrogen-bond donors (Lipinski definition) is 1. The highest BCUT2D eigenvalue weighted by Crippen LogP contribution is 2.12. The molecule has 2 aromatic rings. The summed E-state index contributed by atoms with van der Waals surface area (Å²) in [6.45, 7) is 9.80. The SMILES string of the molecule is CC.CCCC(Cc1cn[nH]n1)C(C)=O.Cc1ccccc1. The monoisotopic (exact) mass is 303 g/mol. The van der Waals surface area contributed by atoms with Crippen molar-refractivity contribution in [2.75, 3.05) is 0 Å². The second-order valence-electron chi connectivity index (χ2n) is 4.92. The Morgan fingerprint density at radius 3 is 2.23 bits per heavy atom. The number of aromatic amines is 1. The zero-order chi connectivity index (χ0) is 16.8. The first-order chi connectivity index (χ1) is 10.6. The molecule has 0 saturated heterocycles. The Morgan fingerprint density at radius 1 is 1.23 bits per heavy atom. The average Bonchev–Trinajstić information content (AvgIpc) is 3.03. The molecule has 22 heavy (non-hydrogen) atoms. The quantitative estimate of drug-likeness (QED) is 0.892.